The van der Waals surface area contributed by atoms with Crippen molar-refractivity contribution in [3.63, 3.8) is 0 Å². The molecule has 1 saturated carbocycles. The molecule has 1 aliphatic carbocycles. The third-order valence-electron chi connectivity index (χ3n) is 5.97. The Balaban J connectivity index is 1.47. The van der Waals surface area contributed by atoms with E-state index in [1.165, 1.54) is 6.07 Å². The highest BCUT2D eigenvalue weighted by atomic mass is 19.1. The highest BCUT2D eigenvalue weighted by molar-refractivity contribution is 5.92. The molecule has 2 heterocycles. The van der Waals surface area contributed by atoms with Gasteiger partial charge in [-0.05, 0) is 62.9 Å². The Morgan fingerprint density at radius 1 is 1.21 bits per heavy atom. The van der Waals surface area contributed by atoms with Gasteiger partial charge in [0.1, 0.15) is 5.82 Å². The van der Waals surface area contributed by atoms with Gasteiger partial charge in [-0.1, -0.05) is 30.2 Å². The van der Waals surface area contributed by atoms with Gasteiger partial charge in [0.2, 0.25) is 0 Å². The highest BCUT2D eigenvalue weighted by Gasteiger charge is 2.29. The van der Waals surface area contributed by atoms with E-state index in [0.29, 0.717) is 24.7 Å². The predicted octanol–water partition coefficient (Wildman–Crippen LogP) is 2.97. The Morgan fingerprint density at radius 3 is 2.75 bits per heavy atom. The molecule has 4 rings (SSSR count). The molecule has 7 heteroatoms. The quantitative estimate of drug-likeness (QED) is 0.830. The fraction of sp³-hybridized carbons (Fsp3) is 0.571. The van der Waals surface area contributed by atoms with Gasteiger partial charge in [-0.2, -0.15) is 0 Å². The Kier molecular flexibility index (Phi) is 6.00. The van der Waals surface area contributed by atoms with Crippen LogP contribution in [0.15, 0.2) is 30.5 Å². The van der Waals surface area contributed by atoms with E-state index >= 15 is 0 Å². The largest absolute Gasteiger partial charge is 0.334 e. The fourth-order valence-corrected chi connectivity index (χ4v) is 4.38. The lowest BCUT2D eigenvalue weighted by molar-refractivity contribution is 0.0678. The maximum Gasteiger partial charge on any atom is 0.276 e. The summed E-state index contributed by atoms with van der Waals surface area (Å²) in [6.07, 6.45) is 8.80. The van der Waals surface area contributed by atoms with E-state index in [9.17, 15) is 9.18 Å². The summed E-state index contributed by atoms with van der Waals surface area (Å²) in [6.45, 7) is 2.51. The second-order valence-corrected chi connectivity index (χ2v) is 7.88. The molecule has 1 saturated heterocycles. The second kappa shape index (κ2) is 8.82. The predicted molar refractivity (Wildman–Crippen MR) is 105 cm³/mol. The van der Waals surface area contributed by atoms with E-state index in [1.807, 2.05) is 21.8 Å². The van der Waals surface area contributed by atoms with Crippen molar-refractivity contribution < 1.29 is 9.18 Å². The van der Waals surface area contributed by atoms with Crippen molar-refractivity contribution >= 4 is 5.91 Å². The van der Waals surface area contributed by atoms with E-state index < -0.39 is 0 Å². The number of hydrogen-bond acceptors (Lipinski definition) is 4. The van der Waals surface area contributed by atoms with Crippen molar-refractivity contribution in [2.24, 2.45) is 0 Å². The summed E-state index contributed by atoms with van der Waals surface area (Å²) in [5, 5.41) is 11.8. The molecular formula is C21H28FN5O. The van der Waals surface area contributed by atoms with E-state index in [4.69, 9.17) is 0 Å². The van der Waals surface area contributed by atoms with Crippen molar-refractivity contribution in [2.45, 2.75) is 57.0 Å². The molecule has 0 unspecified atom stereocenters. The number of nitrogens with zero attached hydrogens (tertiary/aromatic N) is 4. The molecule has 0 atom stereocenters. The van der Waals surface area contributed by atoms with Crippen LogP contribution in [0.2, 0.25) is 0 Å². The molecule has 1 aliphatic heterocycles. The summed E-state index contributed by atoms with van der Waals surface area (Å²) < 4.78 is 15.3. The van der Waals surface area contributed by atoms with Crippen LogP contribution in [0.25, 0.3) is 0 Å². The van der Waals surface area contributed by atoms with Gasteiger partial charge in [0, 0.05) is 12.6 Å². The van der Waals surface area contributed by atoms with Crippen LogP contribution in [-0.4, -0.2) is 51.5 Å². The molecule has 1 amide bonds. The van der Waals surface area contributed by atoms with Crippen LogP contribution in [0.1, 0.15) is 60.6 Å². The minimum absolute atomic E-state index is 0.0523. The zero-order valence-corrected chi connectivity index (χ0v) is 16.2. The average Bonchev–Trinajstić information content (AvgIpc) is 3.41. The average molecular weight is 385 g/mol. The lowest BCUT2D eigenvalue weighted by Crippen LogP contribution is -2.40. The van der Waals surface area contributed by atoms with Crippen LogP contribution in [0.5, 0.6) is 0 Å². The van der Waals surface area contributed by atoms with Crippen molar-refractivity contribution in [3.8, 4) is 0 Å². The number of rotatable bonds is 6. The van der Waals surface area contributed by atoms with Crippen LogP contribution >= 0.6 is 0 Å². The van der Waals surface area contributed by atoms with Gasteiger partial charge in [-0.15, -0.1) is 5.10 Å². The summed E-state index contributed by atoms with van der Waals surface area (Å²) >= 11 is 0. The number of amides is 1. The van der Waals surface area contributed by atoms with Gasteiger partial charge >= 0.3 is 0 Å². The lowest BCUT2D eigenvalue weighted by atomic mass is 10.1. The Hall–Kier alpha value is -2.28. The Morgan fingerprint density at radius 2 is 2.00 bits per heavy atom. The summed E-state index contributed by atoms with van der Waals surface area (Å²) in [5.74, 6) is -0.287. The maximum atomic E-state index is 13.5. The van der Waals surface area contributed by atoms with Gasteiger partial charge in [-0.25, -0.2) is 9.07 Å². The number of nitrogens with one attached hydrogen (secondary N) is 1. The summed E-state index contributed by atoms with van der Waals surface area (Å²) in [4.78, 5) is 15.2. The van der Waals surface area contributed by atoms with Gasteiger partial charge < -0.3 is 10.2 Å². The number of carbonyl (C=O) groups excluding carboxylic acids is 1. The zero-order valence-electron chi connectivity index (χ0n) is 16.2. The number of benzene rings is 1. The SMILES string of the molecule is O=C(c1cn(C2CCNCC2)nn1)N(CCc1cccc(F)c1)C1CCCC1. The van der Waals surface area contributed by atoms with Crippen LogP contribution in [0, 0.1) is 5.82 Å². The number of halogens is 1. The van der Waals surface area contributed by atoms with Gasteiger partial charge in [0.15, 0.2) is 5.69 Å². The first-order valence-corrected chi connectivity index (χ1v) is 10.4. The molecule has 0 radical (unpaired) electrons. The van der Waals surface area contributed by atoms with Crippen molar-refractivity contribution in [3.05, 3.63) is 47.5 Å². The molecular weight excluding hydrogens is 357 g/mol. The van der Waals surface area contributed by atoms with E-state index in [2.05, 4.69) is 15.6 Å². The third kappa shape index (κ3) is 4.41. The smallest absolute Gasteiger partial charge is 0.276 e. The second-order valence-electron chi connectivity index (χ2n) is 7.88. The van der Waals surface area contributed by atoms with E-state index in [1.54, 1.807) is 12.1 Å². The van der Waals surface area contributed by atoms with Crippen molar-refractivity contribution in [1.29, 1.82) is 0 Å². The number of aromatic nitrogens is 3. The molecule has 2 fully saturated rings. The highest BCUT2D eigenvalue weighted by Crippen LogP contribution is 2.25. The molecule has 28 heavy (non-hydrogen) atoms. The van der Waals surface area contributed by atoms with Crippen molar-refractivity contribution in [2.75, 3.05) is 19.6 Å². The van der Waals surface area contributed by atoms with Crippen LogP contribution < -0.4 is 5.32 Å². The normalized spacial score (nSPS) is 18.5. The van der Waals surface area contributed by atoms with E-state index in [0.717, 1.165) is 57.2 Å². The standard InChI is InChI=1S/C21H28FN5O/c22-17-5-3-4-16(14-17)10-13-26(18-6-1-2-7-18)21(28)20-15-27(25-24-20)19-8-11-23-12-9-19/h3-5,14-15,18-19,23H,1-2,6-13H2. The molecule has 2 aliphatic rings. The third-order valence-corrected chi connectivity index (χ3v) is 5.97. The van der Waals surface area contributed by atoms with E-state index in [-0.39, 0.29) is 17.8 Å². The molecule has 6 nitrogen and oxygen atoms in total. The first-order valence-electron chi connectivity index (χ1n) is 10.4. The molecule has 0 bridgehead atoms. The van der Waals surface area contributed by atoms with Gasteiger partial charge in [-0.3, -0.25) is 4.79 Å². The van der Waals surface area contributed by atoms with Gasteiger partial charge in [0.05, 0.1) is 12.2 Å². The van der Waals surface area contributed by atoms with Crippen LogP contribution in [-0.2, 0) is 6.42 Å². The molecule has 1 N–H and O–H groups in total. The fourth-order valence-electron chi connectivity index (χ4n) is 4.38. The summed E-state index contributed by atoms with van der Waals surface area (Å²) in [5.41, 5.74) is 1.33. The first kappa shape index (κ1) is 19.1. The Bertz CT molecular complexity index is 796. The summed E-state index contributed by atoms with van der Waals surface area (Å²) in [7, 11) is 0. The zero-order chi connectivity index (χ0) is 19.3. The van der Waals surface area contributed by atoms with Crippen LogP contribution in [0.4, 0.5) is 4.39 Å². The Labute approximate surface area is 165 Å². The molecule has 150 valence electrons. The summed E-state index contributed by atoms with van der Waals surface area (Å²) in [6, 6.07) is 7.17. The molecule has 2 aromatic rings. The molecule has 0 spiro atoms. The monoisotopic (exact) mass is 385 g/mol. The minimum atomic E-state index is -0.235. The lowest BCUT2D eigenvalue weighted by Gasteiger charge is -2.28. The maximum absolute atomic E-state index is 13.5. The minimum Gasteiger partial charge on any atom is -0.334 e. The van der Waals surface area contributed by atoms with Gasteiger partial charge in [0.25, 0.3) is 5.91 Å². The molecule has 1 aromatic carbocycles. The number of carbonyl (C=O) groups is 1. The number of piperidine rings is 1. The van der Waals surface area contributed by atoms with Crippen molar-refractivity contribution in [1.82, 2.24) is 25.2 Å². The van der Waals surface area contributed by atoms with Crippen LogP contribution in [0.3, 0.4) is 0 Å². The number of hydrogen-bond donors (Lipinski definition) is 1. The topological polar surface area (TPSA) is 63.1 Å². The first-order chi connectivity index (χ1) is 13.7. The molecule has 1 aromatic heterocycles.